The molecule has 1 aromatic rings. The van der Waals surface area contributed by atoms with Gasteiger partial charge in [0, 0.05) is 0 Å². The van der Waals surface area contributed by atoms with Crippen LogP contribution in [0.15, 0.2) is 24.3 Å². The number of halogens is 1. The molecule has 96 valence electrons. The van der Waals surface area contributed by atoms with Crippen LogP contribution in [-0.4, -0.2) is 24.8 Å². The van der Waals surface area contributed by atoms with E-state index in [1.54, 1.807) is 6.92 Å². The highest BCUT2D eigenvalue weighted by Gasteiger charge is 2.41. The minimum atomic E-state index is -1.04. The maximum Gasteiger partial charge on any atom is 0.408 e. The quantitative estimate of drug-likeness (QED) is 0.830. The lowest BCUT2D eigenvalue weighted by molar-refractivity contribution is -0.152. The Labute approximate surface area is 103 Å². The maximum absolute atomic E-state index is 12.8. The summed E-state index contributed by atoms with van der Waals surface area (Å²) in [6.45, 7) is 1.86. The van der Waals surface area contributed by atoms with Crippen LogP contribution in [-0.2, 0) is 14.3 Å². The number of amides is 1. The molecule has 0 bridgehead atoms. The summed E-state index contributed by atoms with van der Waals surface area (Å²) in [5, 5.41) is 2.49. The third-order valence-corrected chi connectivity index (χ3v) is 2.56. The van der Waals surface area contributed by atoms with E-state index in [4.69, 9.17) is 9.47 Å². The minimum Gasteiger partial charge on any atom is -0.463 e. The van der Waals surface area contributed by atoms with Gasteiger partial charge < -0.3 is 14.8 Å². The Bertz CT molecular complexity index is 460. The first-order valence-electron chi connectivity index (χ1n) is 5.51. The van der Waals surface area contributed by atoms with Gasteiger partial charge in [-0.15, -0.1) is 0 Å². The average molecular weight is 253 g/mol. The van der Waals surface area contributed by atoms with Crippen molar-refractivity contribution < 1.29 is 23.5 Å². The zero-order valence-corrected chi connectivity index (χ0v) is 9.68. The van der Waals surface area contributed by atoms with E-state index in [1.165, 1.54) is 24.3 Å². The number of rotatable bonds is 3. The third-order valence-electron chi connectivity index (χ3n) is 2.56. The third kappa shape index (κ3) is 2.42. The molecule has 1 N–H and O–H groups in total. The largest absolute Gasteiger partial charge is 0.463 e. The first-order chi connectivity index (χ1) is 8.61. The number of alkyl carbamates (subject to hydrolysis) is 1. The molecule has 1 saturated heterocycles. The van der Waals surface area contributed by atoms with Gasteiger partial charge in [-0.05, 0) is 24.6 Å². The second-order valence-corrected chi connectivity index (χ2v) is 3.75. The molecular weight excluding hydrogens is 241 g/mol. The van der Waals surface area contributed by atoms with Gasteiger partial charge in [0.05, 0.1) is 6.61 Å². The fraction of sp³-hybridized carbons (Fsp3) is 0.333. The molecule has 2 rings (SSSR count). The second-order valence-electron chi connectivity index (χ2n) is 3.75. The number of carbonyl (C=O) groups excluding carboxylic acids is 2. The highest BCUT2D eigenvalue weighted by atomic mass is 19.1. The van der Waals surface area contributed by atoms with Gasteiger partial charge in [-0.1, -0.05) is 12.1 Å². The summed E-state index contributed by atoms with van der Waals surface area (Å²) in [6, 6.07) is 4.82. The van der Waals surface area contributed by atoms with Crippen LogP contribution in [0.1, 0.15) is 18.5 Å². The second kappa shape index (κ2) is 5.03. The Balaban J connectivity index is 2.21. The van der Waals surface area contributed by atoms with Crippen LogP contribution < -0.4 is 5.32 Å². The number of esters is 1. The Hall–Kier alpha value is -2.11. The first kappa shape index (κ1) is 12.3. The monoisotopic (exact) mass is 253 g/mol. The lowest BCUT2D eigenvalue weighted by atomic mass is 10.0. The number of cyclic esters (lactones) is 1. The van der Waals surface area contributed by atoms with E-state index in [2.05, 4.69) is 5.32 Å². The standard InChI is InChI=1S/C12H12FNO4/c1-2-17-11(15)10-9(14-12(16)18-10)7-3-5-8(13)6-4-7/h3-6,9-10H,2H2,1H3,(H,14,16)/t9-,10-/m1/s1. The van der Waals surface area contributed by atoms with Gasteiger partial charge in [0.15, 0.2) is 0 Å². The van der Waals surface area contributed by atoms with Crippen molar-refractivity contribution >= 4 is 12.1 Å². The number of carbonyl (C=O) groups is 2. The van der Waals surface area contributed by atoms with Crippen LogP contribution in [0.2, 0.25) is 0 Å². The highest BCUT2D eigenvalue weighted by Crippen LogP contribution is 2.25. The predicted octanol–water partition coefficient (Wildman–Crippen LogP) is 1.54. The Kier molecular flexibility index (Phi) is 3.45. The number of hydrogen-bond acceptors (Lipinski definition) is 4. The molecule has 1 aliphatic heterocycles. The van der Waals surface area contributed by atoms with Crippen molar-refractivity contribution in [1.29, 1.82) is 0 Å². The zero-order valence-electron chi connectivity index (χ0n) is 9.68. The van der Waals surface area contributed by atoms with E-state index in [1.807, 2.05) is 0 Å². The minimum absolute atomic E-state index is 0.197. The van der Waals surface area contributed by atoms with Crippen LogP contribution >= 0.6 is 0 Å². The summed E-state index contributed by atoms with van der Waals surface area (Å²) >= 11 is 0. The molecule has 1 heterocycles. The number of benzene rings is 1. The predicted molar refractivity (Wildman–Crippen MR) is 59.2 cm³/mol. The molecule has 0 unspecified atom stereocenters. The van der Waals surface area contributed by atoms with Crippen molar-refractivity contribution in [3.8, 4) is 0 Å². The highest BCUT2D eigenvalue weighted by molar-refractivity contribution is 5.83. The van der Waals surface area contributed by atoms with Crippen molar-refractivity contribution in [1.82, 2.24) is 5.32 Å². The maximum atomic E-state index is 12.8. The molecular formula is C12H12FNO4. The van der Waals surface area contributed by atoms with Crippen LogP contribution in [0.5, 0.6) is 0 Å². The lowest BCUT2D eigenvalue weighted by Gasteiger charge is -2.15. The molecule has 1 aliphatic rings. The Morgan fingerprint density at radius 2 is 2.11 bits per heavy atom. The number of nitrogens with one attached hydrogen (secondary N) is 1. The molecule has 1 fully saturated rings. The Morgan fingerprint density at radius 1 is 1.44 bits per heavy atom. The molecule has 0 radical (unpaired) electrons. The summed E-state index contributed by atoms with van der Waals surface area (Å²) in [5.74, 6) is -1.01. The van der Waals surface area contributed by atoms with Crippen LogP contribution in [0.3, 0.4) is 0 Å². The summed E-state index contributed by atoms with van der Waals surface area (Å²) in [6.07, 6.45) is -1.73. The molecule has 2 atom stereocenters. The summed E-state index contributed by atoms with van der Waals surface area (Å²) < 4.78 is 22.5. The molecule has 0 aliphatic carbocycles. The molecule has 1 aromatic carbocycles. The van der Waals surface area contributed by atoms with E-state index in [0.717, 1.165) is 0 Å². The van der Waals surface area contributed by atoms with Crippen LogP contribution in [0.25, 0.3) is 0 Å². The van der Waals surface area contributed by atoms with Gasteiger partial charge in [0.25, 0.3) is 0 Å². The van der Waals surface area contributed by atoms with Gasteiger partial charge >= 0.3 is 12.1 Å². The van der Waals surface area contributed by atoms with Crippen LogP contribution in [0, 0.1) is 5.82 Å². The molecule has 0 saturated carbocycles. The molecule has 1 amide bonds. The summed E-state index contributed by atoms with van der Waals surface area (Å²) in [5.41, 5.74) is 0.584. The molecule has 5 nitrogen and oxygen atoms in total. The van der Waals surface area contributed by atoms with Crippen molar-refractivity contribution in [2.75, 3.05) is 6.61 Å². The van der Waals surface area contributed by atoms with Gasteiger partial charge in [-0.2, -0.15) is 0 Å². The van der Waals surface area contributed by atoms with E-state index in [-0.39, 0.29) is 6.61 Å². The van der Waals surface area contributed by atoms with E-state index in [0.29, 0.717) is 5.56 Å². The van der Waals surface area contributed by atoms with Gasteiger partial charge in [0.1, 0.15) is 11.9 Å². The van der Waals surface area contributed by atoms with E-state index in [9.17, 15) is 14.0 Å². The van der Waals surface area contributed by atoms with Gasteiger partial charge in [0.2, 0.25) is 6.10 Å². The fourth-order valence-corrected chi connectivity index (χ4v) is 1.76. The number of ether oxygens (including phenoxy) is 2. The first-order valence-corrected chi connectivity index (χ1v) is 5.51. The molecule has 6 heteroatoms. The van der Waals surface area contributed by atoms with Crippen molar-refractivity contribution in [2.45, 2.75) is 19.1 Å². The average Bonchev–Trinajstić information content (AvgIpc) is 2.73. The van der Waals surface area contributed by atoms with Gasteiger partial charge in [-0.3, -0.25) is 0 Å². The summed E-state index contributed by atoms with van der Waals surface area (Å²) in [4.78, 5) is 22.8. The zero-order chi connectivity index (χ0) is 13.1. The van der Waals surface area contributed by atoms with E-state index >= 15 is 0 Å². The van der Waals surface area contributed by atoms with E-state index < -0.39 is 30.0 Å². The SMILES string of the molecule is CCOC(=O)[C@@H]1OC(=O)N[C@@H]1c1ccc(F)cc1. The molecule has 0 spiro atoms. The molecule has 18 heavy (non-hydrogen) atoms. The van der Waals surface area contributed by atoms with Crippen molar-refractivity contribution in [2.24, 2.45) is 0 Å². The topological polar surface area (TPSA) is 64.6 Å². The smallest absolute Gasteiger partial charge is 0.408 e. The Morgan fingerprint density at radius 3 is 2.72 bits per heavy atom. The normalized spacial score (nSPS) is 22.2. The van der Waals surface area contributed by atoms with Crippen molar-refractivity contribution in [3.05, 3.63) is 35.6 Å². The van der Waals surface area contributed by atoms with Gasteiger partial charge in [-0.25, -0.2) is 14.0 Å². The van der Waals surface area contributed by atoms with Crippen LogP contribution in [0.4, 0.5) is 9.18 Å². The fourth-order valence-electron chi connectivity index (χ4n) is 1.76. The molecule has 0 aromatic heterocycles. The lowest BCUT2D eigenvalue weighted by Crippen LogP contribution is -2.30. The van der Waals surface area contributed by atoms with Crippen molar-refractivity contribution in [3.63, 3.8) is 0 Å². The summed E-state index contributed by atoms with van der Waals surface area (Å²) in [7, 11) is 0. The number of hydrogen-bond donors (Lipinski definition) is 1.